The number of para-hydroxylation sites is 1. The molecular formula is C31H29N5O. The van der Waals surface area contributed by atoms with E-state index in [2.05, 4.69) is 78.7 Å². The zero-order valence-electron chi connectivity index (χ0n) is 21.7. The summed E-state index contributed by atoms with van der Waals surface area (Å²) in [5, 5.41) is 6.89. The molecule has 0 atom stereocenters. The van der Waals surface area contributed by atoms with Gasteiger partial charge in [-0.3, -0.25) is 4.57 Å². The van der Waals surface area contributed by atoms with E-state index in [1.54, 1.807) is 0 Å². The first-order chi connectivity index (χ1) is 17.8. The third-order valence-electron chi connectivity index (χ3n) is 6.56. The molecule has 0 saturated carbocycles. The molecule has 0 aliphatic heterocycles. The minimum absolute atomic E-state index is 0.0821. The standard InChI is InChI=1S/C31H29N5O/c1-20-17-21(2)36(34-20)22-9-8-10-23(18-22)37-24-13-14-26-25-11-6-7-12-27(25)35(28(26)19-24)30-32-16-15-29(33-30)31(3,4)5/h6-19H,1-5H3. The Labute approximate surface area is 216 Å². The van der Waals surface area contributed by atoms with E-state index in [-0.39, 0.29) is 5.41 Å². The van der Waals surface area contributed by atoms with Crippen LogP contribution in [0.25, 0.3) is 33.4 Å². The topological polar surface area (TPSA) is 57.8 Å². The molecule has 3 aromatic heterocycles. The summed E-state index contributed by atoms with van der Waals surface area (Å²) in [5.41, 5.74) is 6.01. The highest BCUT2D eigenvalue weighted by atomic mass is 16.5. The first-order valence-electron chi connectivity index (χ1n) is 12.5. The fourth-order valence-electron chi connectivity index (χ4n) is 4.81. The third-order valence-corrected chi connectivity index (χ3v) is 6.56. The average molecular weight is 488 g/mol. The van der Waals surface area contributed by atoms with Gasteiger partial charge in [-0.25, -0.2) is 14.6 Å². The van der Waals surface area contributed by atoms with Gasteiger partial charge in [0.2, 0.25) is 5.95 Å². The maximum Gasteiger partial charge on any atom is 0.234 e. The van der Waals surface area contributed by atoms with Crippen molar-refractivity contribution in [3.63, 3.8) is 0 Å². The van der Waals surface area contributed by atoms with Crippen LogP contribution in [0.1, 0.15) is 37.9 Å². The predicted octanol–water partition coefficient (Wildman–Crippen LogP) is 7.47. The number of ether oxygens (including phenoxy) is 1. The van der Waals surface area contributed by atoms with Crippen LogP contribution in [0.15, 0.2) is 85.1 Å². The molecule has 0 fully saturated rings. The van der Waals surface area contributed by atoms with Crippen LogP contribution in [-0.2, 0) is 5.41 Å². The molecule has 0 radical (unpaired) electrons. The molecule has 0 saturated heterocycles. The first kappa shape index (κ1) is 23.0. The molecule has 6 heteroatoms. The van der Waals surface area contributed by atoms with Crippen LogP contribution in [-0.4, -0.2) is 24.3 Å². The number of aromatic nitrogens is 5. The maximum absolute atomic E-state index is 6.36. The summed E-state index contributed by atoms with van der Waals surface area (Å²) in [6.07, 6.45) is 1.84. The van der Waals surface area contributed by atoms with Gasteiger partial charge in [-0.1, -0.05) is 45.0 Å². The van der Waals surface area contributed by atoms with E-state index in [1.165, 1.54) is 0 Å². The summed E-state index contributed by atoms with van der Waals surface area (Å²) < 4.78 is 10.4. The van der Waals surface area contributed by atoms with Gasteiger partial charge in [0, 0.05) is 40.2 Å². The number of hydrogen-bond donors (Lipinski definition) is 0. The fraction of sp³-hybridized carbons (Fsp3) is 0.194. The molecule has 6 nitrogen and oxygen atoms in total. The number of benzene rings is 3. The minimum Gasteiger partial charge on any atom is -0.457 e. The Morgan fingerprint density at radius 3 is 2.32 bits per heavy atom. The van der Waals surface area contributed by atoms with Gasteiger partial charge < -0.3 is 4.74 Å². The summed E-state index contributed by atoms with van der Waals surface area (Å²) in [6, 6.07) is 26.6. The zero-order chi connectivity index (χ0) is 25.7. The van der Waals surface area contributed by atoms with E-state index >= 15 is 0 Å². The molecule has 0 aliphatic rings. The van der Waals surface area contributed by atoms with Crippen LogP contribution in [0.2, 0.25) is 0 Å². The van der Waals surface area contributed by atoms with Crippen molar-refractivity contribution in [1.29, 1.82) is 0 Å². The van der Waals surface area contributed by atoms with Gasteiger partial charge in [-0.2, -0.15) is 5.10 Å². The van der Waals surface area contributed by atoms with Gasteiger partial charge in [0.15, 0.2) is 0 Å². The van der Waals surface area contributed by atoms with Crippen LogP contribution in [0, 0.1) is 13.8 Å². The number of aryl methyl sites for hydroxylation is 2. The molecular weight excluding hydrogens is 458 g/mol. The molecule has 6 rings (SSSR count). The van der Waals surface area contributed by atoms with Gasteiger partial charge in [0.25, 0.3) is 0 Å². The van der Waals surface area contributed by atoms with Crippen LogP contribution in [0.3, 0.4) is 0 Å². The van der Waals surface area contributed by atoms with Crippen molar-refractivity contribution in [2.45, 2.75) is 40.0 Å². The highest BCUT2D eigenvalue weighted by Gasteiger charge is 2.19. The molecule has 0 bridgehead atoms. The lowest BCUT2D eigenvalue weighted by Gasteiger charge is -2.18. The van der Waals surface area contributed by atoms with E-state index in [0.717, 1.165) is 56.1 Å². The molecule has 0 aliphatic carbocycles. The monoisotopic (exact) mass is 487 g/mol. The first-order valence-corrected chi connectivity index (χ1v) is 12.5. The predicted molar refractivity (Wildman–Crippen MR) is 148 cm³/mol. The summed E-state index contributed by atoms with van der Waals surface area (Å²) in [4.78, 5) is 9.62. The molecule has 37 heavy (non-hydrogen) atoms. The second-order valence-corrected chi connectivity index (χ2v) is 10.5. The lowest BCUT2D eigenvalue weighted by atomic mass is 9.92. The minimum atomic E-state index is -0.0821. The summed E-state index contributed by atoms with van der Waals surface area (Å²) in [5.74, 6) is 2.15. The number of rotatable bonds is 4. The fourth-order valence-corrected chi connectivity index (χ4v) is 4.81. The lowest BCUT2D eigenvalue weighted by molar-refractivity contribution is 0.482. The van der Waals surface area contributed by atoms with Crippen LogP contribution in [0.5, 0.6) is 11.5 Å². The second-order valence-electron chi connectivity index (χ2n) is 10.5. The van der Waals surface area contributed by atoms with Crippen LogP contribution >= 0.6 is 0 Å². The molecule has 0 amide bonds. The quantitative estimate of drug-likeness (QED) is 0.259. The summed E-state index contributed by atoms with van der Waals surface area (Å²) >= 11 is 0. The SMILES string of the molecule is Cc1cc(C)n(-c2cccc(Oc3ccc4c5ccccc5n(-c5nccc(C(C)(C)C)n5)c4c3)c2)n1. The van der Waals surface area contributed by atoms with E-state index < -0.39 is 0 Å². The largest absolute Gasteiger partial charge is 0.457 e. The van der Waals surface area contributed by atoms with Gasteiger partial charge in [0.1, 0.15) is 11.5 Å². The molecule has 0 spiro atoms. The highest BCUT2D eigenvalue weighted by Crippen LogP contribution is 2.35. The Hall–Kier alpha value is -4.45. The molecule has 0 N–H and O–H groups in total. The van der Waals surface area contributed by atoms with Crippen molar-refractivity contribution in [3.05, 3.63) is 102 Å². The molecule has 3 aromatic carbocycles. The van der Waals surface area contributed by atoms with Crippen molar-refractivity contribution in [2.75, 3.05) is 0 Å². The normalized spacial score (nSPS) is 11.9. The second kappa shape index (κ2) is 8.59. The van der Waals surface area contributed by atoms with E-state index in [1.807, 2.05) is 60.3 Å². The van der Waals surface area contributed by atoms with E-state index in [4.69, 9.17) is 9.72 Å². The van der Waals surface area contributed by atoms with E-state index in [0.29, 0.717) is 5.95 Å². The Balaban J connectivity index is 1.46. The Bertz CT molecular complexity index is 1770. The summed E-state index contributed by atoms with van der Waals surface area (Å²) in [7, 11) is 0. The Morgan fingerprint density at radius 1 is 0.757 bits per heavy atom. The number of nitrogens with zero attached hydrogens (tertiary/aromatic N) is 5. The molecule has 184 valence electrons. The van der Waals surface area contributed by atoms with Gasteiger partial charge in [-0.05, 0) is 56.3 Å². The van der Waals surface area contributed by atoms with Crippen molar-refractivity contribution >= 4 is 21.8 Å². The van der Waals surface area contributed by atoms with Crippen molar-refractivity contribution in [1.82, 2.24) is 24.3 Å². The maximum atomic E-state index is 6.36. The summed E-state index contributed by atoms with van der Waals surface area (Å²) in [6.45, 7) is 10.5. The smallest absolute Gasteiger partial charge is 0.234 e. The molecule has 3 heterocycles. The molecule has 0 unspecified atom stereocenters. The Kier molecular flexibility index (Phi) is 5.33. The lowest BCUT2D eigenvalue weighted by Crippen LogP contribution is -2.15. The van der Waals surface area contributed by atoms with Crippen LogP contribution < -0.4 is 4.74 Å². The third kappa shape index (κ3) is 4.14. The van der Waals surface area contributed by atoms with Crippen molar-refractivity contribution < 1.29 is 4.74 Å². The average Bonchev–Trinajstić information content (AvgIpc) is 3.39. The number of fused-ring (bicyclic) bond motifs is 3. The van der Waals surface area contributed by atoms with Gasteiger partial charge >= 0.3 is 0 Å². The zero-order valence-corrected chi connectivity index (χ0v) is 21.7. The highest BCUT2D eigenvalue weighted by molar-refractivity contribution is 6.09. The Morgan fingerprint density at radius 2 is 1.54 bits per heavy atom. The van der Waals surface area contributed by atoms with Crippen molar-refractivity contribution in [3.8, 4) is 23.1 Å². The number of hydrogen-bond acceptors (Lipinski definition) is 4. The van der Waals surface area contributed by atoms with Crippen LogP contribution in [0.4, 0.5) is 0 Å². The van der Waals surface area contributed by atoms with Gasteiger partial charge in [0.05, 0.1) is 28.1 Å². The molecule has 6 aromatic rings. The van der Waals surface area contributed by atoms with Crippen molar-refractivity contribution in [2.24, 2.45) is 0 Å². The van der Waals surface area contributed by atoms with E-state index in [9.17, 15) is 0 Å². The van der Waals surface area contributed by atoms with Gasteiger partial charge in [-0.15, -0.1) is 0 Å².